The van der Waals surface area contributed by atoms with E-state index in [0.29, 0.717) is 27.3 Å². The summed E-state index contributed by atoms with van der Waals surface area (Å²) in [5, 5.41) is 26.9. The second kappa shape index (κ2) is 16.2. The summed E-state index contributed by atoms with van der Waals surface area (Å²) < 4.78 is 0. The molecule has 0 saturated carbocycles. The first-order valence-electron chi connectivity index (χ1n) is 15.4. The molecule has 0 aliphatic carbocycles. The van der Waals surface area contributed by atoms with Crippen LogP contribution in [-0.2, 0) is 9.59 Å². The zero-order chi connectivity index (χ0) is 35.6. The first-order chi connectivity index (χ1) is 24.1. The molecule has 0 fully saturated rings. The van der Waals surface area contributed by atoms with Gasteiger partial charge in [-0.2, -0.15) is 0 Å². The number of phenols is 1. The Bertz CT molecular complexity index is 2030. The van der Waals surface area contributed by atoms with Crippen LogP contribution in [0.15, 0.2) is 138 Å². The summed E-state index contributed by atoms with van der Waals surface area (Å²) in [6.07, 6.45) is 1.60. The Morgan fingerprint density at radius 2 is 1.40 bits per heavy atom. The van der Waals surface area contributed by atoms with Crippen LogP contribution in [0.5, 0.6) is 5.75 Å². The van der Waals surface area contributed by atoms with Crippen LogP contribution in [0.2, 0.25) is 0 Å². The highest BCUT2D eigenvalue weighted by Crippen LogP contribution is 2.37. The lowest BCUT2D eigenvalue weighted by Gasteiger charge is -2.18. The quantitative estimate of drug-likeness (QED) is 0.0534. The van der Waals surface area contributed by atoms with Gasteiger partial charge in [-0.1, -0.05) is 66.7 Å². The van der Waals surface area contributed by atoms with Gasteiger partial charge in [-0.25, -0.2) is 4.79 Å². The lowest BCUT2D eigenvalue weighted by atomic mass is 10.1. The van der Waals surface area contributed by atoms with E-state index < -0.39 is 34.7 Å². The monoisotopic (exact) mass is 686 g/mol. The largest absolute Gasteiger partial charge is 0.507 e. The van der Waals surface area contributed by atoms with E-state index in [1.54, 1.807) is 72.8 Å². The van der Waals surface area contributed by atoms with Crippen LogP contribution in [0.4, 0.5) is 17.1 Å². The number of nitrogens with zero attached hydrogens (tertiary/aromatic N) is 1. The summed E-state index contributed by atoms with van der Waals surface area (Å²) in [4.78, 5) is 54.5. The van der Waals surface area contributed by atoms with E-state index in [2.05, 4.69) is 16.0 Å². The molecule has 0 spiro atoms. The summed E-state index contributed by atoms with van der Waals surface area (Å²) in [6, 6.07) is 35.9. The smallest absolute Gasteiger partial charge is 0.339 e. The normalized spacial score (nSPS) is 11.6. The van der Waals surface area contributed by atoms with Crippen molar-refractivity contribution in [1.82, 2.24) is 5.32 Å². The van der Waals surface area contributed by atoms with Gasteiger partial charge in [0.2, 0.25) is 5.91 Å². The van der Waals surface area contributed by atoms with Gasteiger partial charge in [0.15, 0.2) is 0 Å². The van der Waals surface area contributed by atoms with Crippen LogP contribution in [-0.4, -0.2) is 48.0 Å². The third-order valence-corrected chi connectivity index (χ3v) is 8.68. The predicted molar refractivity (Wildman–Crippen MR) is 196 cm³/mol. The molecule has 3 amide bonds. The Morgan fingerprint density at radius 3 is 2.06 bits per heavy atom. The summed E-state index contributed by atoms with van der Waals surface area (Å²) in [5.74, 6) is -3.16. The summed E-state index contributed by atoms with van der Waals surface area (Å²) in [5.41, 5.74) is 3.10. The van der Waals surface area contributed by atoms with Gasteiger partial charge < -0.3 is 31.1 Å². The minimum absolute atomic E-state index is 0.0330. The maximum Gasteiger partial charge on any atom is 0.339 e. The van der Waals surface area contributed by atoms with Crippen molar-refractivity contribution in [1.29, 1.82) is 0 Å². The first-order valence-corrected chi connectivity index (χ1v) is 16.3. The molecule has 0 aliphatic heterocycles. The molecular formula is C39H34N4O6S. The molecule has 5 rings (SSSR count). The number of rotatable bonds is 12. The van der Waals surface area contributed by atoms with E-state index in [-0.39, 0.29) is 16.9 Å². The molecule has 1 unspecified atom stereocenters. The molecule has 0 radical (unpaired) electrons. The van der Waals surface area contributed by atoms with Crippen LogP contribution < -0.4 is 20.9 Å². The highest BCUT2D eigenvalue weighted by Gasteiger charge is 2.24. The standard InChI is InChI=1S/C39H34N4O6S/c1-43(2)30-19-16-25(17-20-30)22-33(42-36(45)27-12-7-4-8-13-27)37(46)40-28-14-9-15-31(23-28)50-35(26-10-5-3-6-11-26)38(47)41-29-18-21-34(44)32(24-29)39(48)49/h3-24,35,44H,1-2H3,(H,40,46)(H,41,47)(H,42,45)(H,48,49)/b33-22+. The molecule has 252 valence electrons. The predicted octanol–water partition coefficient (Wildman–Crippen LogP) is 7.04. The number of carbonyl (C=O) groups is 4. The van der Waals surface area contributed by atoms with Crippen molar-refractivity contribution in [3.8, 4) is 5.75 Å². The highest BCUT2D eigenvalue weighted by molar-refractivity contribution is 8.00. The van der Waals surface area contributed by atoms with Crippen molar-refractivity contribution < 1.29 is 29.4 Å². The van der Waals surface area contributed by atoms with E-state index in [0.717, 1.165) is 5.69 Å². The van der Waals surface area contributed by atoms with Crippen molar-refractivity contribution in [2.45, 2.75) is 10.1 Å². The minimum atomic E-state index is -1.33. The van der Waals surface area contributed by atoms with E-state index in [9.17, 15) is 29.4 Å². The van der Waals surface area contributed by atoms with E-state index in [1.807, 2.05) is 61.5 Å². The van der Waals surface area contributed by atoms with Gasteiger partial charge in [-0.3, -0.25) is 14.4 Å². The molecule has 0 heterocycles. The van der Waals surface area contributed by atoms with Crippen molar-refractivity contribution in [2.24, 2.45) is 0 Å². The van der Waals surface area contributed by atoms with Gasteiger partial charge in [0.1, 0.15) is 22.3 Å². The fourth-order valence-electron chi connectivity index (χ4n) is 4.85. The minimum Gasteiger partial charge on any atom is -0.507 e. The van der Waals surface area contributed by atoms with E-state index in [4.69, 9.17) is 0 Å². The number of thioether (sulfide) groups is 1. The number of carboxylic acid groups (broad SMARTS) is 1. The van der Waals surface area contributed by atoms with Crippen molar-refractivity contribution >= 4 is 58.6 Å². The summed E-state index contributed by atoms with van der Waals surface area (Å²) in [6.45, 7) is 0. The molecule has 1 atom stereocenters. The Balaban J connectivity index is 1.38. The molecule has 0 saturated heterocycles. The van der Waals surface area contributed by atoms with Crippen molar-refractivity contribution in [3.63, 3.8) is 0 Å². The third-order valence-electron chi connectivity index (χ3n) is 7.43. The highest BCUT2D eigenvalue weighted by atomic mass is 32.2. The van der Waals surface area contributed by atoms with Crippen molar-refractivity contribution in [3.05, 3.63) is 155 Å². The lowest BCUT2D eigenvalue weighted by molar-refractivity contribution is -0.116. The summed E-state index contributed by atoms with van der Waals surface area (Å²) >= 11 is 1.23. The number of aromatic hydroxyl groups is 1. The van der Waals surface area contributed by atoms with Crippen LogP contribution in [0, 0.1) is 0 Å². The second-order valence-electron chi connectivity index (χ2n) is 11.3. The zero-order valence-electron chi connectivity index (χ0n) is 27.2. The van der Waals surface area contributed by atoms with Gasteiger partial charge in [0, 0.05) is 41.6 Å². The molecule has 10 nitrogen and oxygen atoms in total. The van der Waals surface area contributed by atoms with Crippen LogP contribution in [0.3, 0.4) is 0 Å². The van der Waals surface area contributed by atoms with Crippen molar-refractivity contribution in [2.75, 3.05) is 29.6 Å². The molecule has 5 aromatic rings. The Morgan fingerprint density at radius 1 is 0.740 bits per heavy atom. The fourth-order valence-corrected chi connectivity index (χ4v) is 5.94. The topological polar surface area (TPSA) is 148 Å². The average Bonchev–Trinajstić information content (AvgIpc) is 3.12. The van der Waals surface area contributed by atoms with Crippen LogP contribution in [0.1, 0.15) is 37.1 Å². The molecule has 5 N–H and O–H groups in total. The number of anilines is 3. The number of carboxylic acids is 1. The molecule has 0 aromatic heterocycles. The number of aromatic carboxylic acids is 1. The van der Waals surface area contributed by atoms with Gasteiger partial charge in [0.25, 0.3) is 11.8 Å². The Kier molecular flexibility index (Phi) is 11.3. The lowest BCUT2D eigenvalue weighted by Crippen LogP contribution is -2.30. The number of amides is 3. The molecule has 11 heteroatoms. The van der Waals surface area contributed by atoms with Gasteiger partial charge >= 0.3 is 5.97 Å². The molecule has 50 heavy (non-hydrogen) atoms. The van der Waals surface area contributed by atoms with E-state index >= 15 is 0 Å². The maximum atomic E-state index is 13.7. The fraction of sp³-hybridized carbons (Fsp3) is 0.0769. The Labute approximate surface area is 293 Å². The zero-order valence-corrected chi connectivity index (χ0v) is 28.0. The van der Waals surface area contributed by atoms with Gasteiger partial charge in [-0.15, -0.1) is 11.8 Å². The number of hydrogen-bond donors (Lipinski definition) is 5. The molecule has 5 aromatic carbocycles. The number of benzene rings is 5. The third kappa shape index (κ3) is 9.18. The van der Waals surface area contributed by atoms with Gasteiger partial charge in [-0.05, 0) is 77.9 Å². The molecule has 0 aliphatic rings. The second-order valence-corrected chi connectivity index (χ2v) is 12.5. The maximum absolute atomic E-state index is 13.7. The number of hydrogen-bond acceptors (Lipinski definition) is 7. The SMILES string of the molecule is CN(C)c1ccc(/C=C(/NC(=O)c2ccccc2)C(=O)Nc2cccc(SC(C(=O)Nc3ccc(O)c(C(=O)O)c3)c3ccccc3)c2)cc1. The molecule has 0 bridgehead atoms. The Hall–Kier alpha value is -6.33. The summed E-state index contributed by atoms with van der Waals surface area (Å²) in [7, 11) is 3.86. The number of nitrogens with one attached hydrogen (secondary N) is 3. The molecular weight excluding hydrogens is 653 g/mol. The van der Waals surface area contributed by atoms with E-state index in [1.165, 1.54) is 30.0 Å². The van der Waals surface area contributed by atoms with Crippen LogP contribution >= 0.6 is 11.8 Å². The first kappa shape index (κ1) is 35.0. The average molecular weight is 687 g/mol. The van der Waals surface area contributed by atoms with Crippen LogP contribution in [0.25, 0.3) is 6.08 Å². The number of carbonyl (C=O) groups excluding carboxylic acids is 3. The van der Waals surface area contributed by atoms with Gasteiger partial charge in [0.05, 0.1) is 0 Å².